The number of hydrogen-bond acceptors (Lipinski definition) is 4. The fourth-order valence-electron chi connectivity index (χ4n) is 3.23. The number of nitrogens with one attached hydrogen (secondary N) is 1. The molecule has 0 aliphatic carbocycles. The van der Waals surface area contributed by atoms with Gasteiger partial charge in [-0.2, -0.15) is 0 Å². The summed E-state index contributed by atoms with van der Waals surface area (Å²) >= 11 is 0. The largest absolute Gasteiger partial charge is 0.496 e. The molecule has 0 radical (unpaired) electrons. The number of imidazole rings is 1. The molecule has 1 amide bonds. The van der Waals surface area contributed by atoms with E-state index >= 15 is 0 Å². The number of rotatable bonds is 5. The maximum absolute atomic E-state index is 12.8. The van der Waals surface area contributed by atoms with E-state index in [1.807, 2.05) is 47.0 Å². The van der Waals surface area contributed by atoms with Gasteiger partial charge in [0.15, 0.2) is 0 Å². The number of aryl methyl sites for hydroxylation is 2. The molecule has 1 saturated heterocycles. The molecular weight excluding hydrogens is 304 g/mol. The second-order valence-corrected chi connectivity index (χ2v) is 6.02. The fourth-order valence-corrected chi connectivity index (χ4v) is 3.23. The monoisotopic (exact) mass is 328 g/mol. The molecule has 0 spiro atoms. The van der Waals surface area contributed by atoms with E-state index in [4.69, 9.17) is 4.74 Å². The van der Waals surface area contributed by atoms with Crippen molar-refractivity contribution in [2.24, 2.45) is 7.05 Å². The van der Waals surface area contributed by atoms with Crippen LogP contribution < -0.4 is 10.1 Å². The molecule has 1 aliphatic heterocycles. The highest BCUT2D eigenvalue weighted by Crippen LogP contribution is 2.23. The summed E-state index contributed by atoms with van der Waals surface area (Å²) in [7, 11) is 3.63. The van der Waals surface area contributed by atoms with Crippen LogP contribution in [0.3, 0.4) is 0 Å². The van der Waals surface area contributed by atoms with E-state index in [1.165, 1.54) is 0 Å². The van der Waals surface area contributed by atoms with Gasteiger partial charge in [0, 0.05) is 45.5 Å². The molecule has 2 aromatic rings. The molecule has 1 atom stereocenters. The first kappa shape index (κ1) is 16.5. The van der Waals surface area contributed by atoms with Gasteiger partial charge in [-0.1, -0.05) is 18.2 Å². The van der Waals surface area contributed by atoms with Gasteiger partial charge in [-0.25, -0.2) is 4.98 Å². The molecule has 1 N–H and O–H groups in total. The van der Waals surface area contributed by atoms with Crippen LogP contribution in [0, 0.1) is 0 Å². The number of ether oxygens (including phenoxy) is 1. The Morgan fingerprint density at radius 3 is 3.00 bits per heavy atom. The Morgan fingerprint density at radius 1 is 1.42 bits per heavy atom. The van der Waals surface area contributed by atoms with Crippen LogP contribution in [0.25, 0.3) is 0 Å². The minimum absolute atomic E-state index is 0.0103. The lowest BCUT2D eigenvalue weighted by Gasteiger charge is -2.36. The van der Waals surface area contributed by atoms with E-state index in [0.717, 1.165) is 30.2 Å². The number of carbonyl (C=O) groups is 1. The van der Waals surface area contributed by atoms with E-state index in [-0.39, 0.29) is 11.9 Å². The molecule has 6 nitrogen and oxygen atoms in total. The summed E-state index contributed by atoms with van der Waals surface area (Å²) in [4.78, 5) is 19.2. The Hall–Kier alpha value is -2.34. The Kier molecular flexibility index (Phi) is 5.15. The first-order chi connectivity index (χ1) is 11.7. The predicted octanol–water partition coefficient (Wildman–Crippen LogP) is 1.53. The Bertz CT molecular complexity index is 698. The molecule has 1 aromatic carbocycles. The predicted molar refractivity (Wildman–Crippen MR) is 91.8 cm³/mol. The van der Waals surface area contributed by atoms with Crippen molar-refractivity contribution in [3.63, 3.8) is 0 Å². The van der Waals surface area contributed by atoms with Gasteiger partial charge in [0.2, 0.25) is 5.91 Å². The summed E-state index contributed by atoms with van der Waals surface area (Å²) in [6, 6.07) is 7.85. The van der Waals surface area contributed by atoms with E-state index in [9.17, 15) is 4.79 Å². The van der Waals surface area contributed by atoms with E-state index < -0.39 is 0 Å². The molecule has 1 aromatic heterocycles. The number of nitrogens with zero attached hydrogens (tertiary/aromatic N) is 3. The second kappa shape index (κ2) is 7.49. The molecule has 1 aliphatic rings. The molecule has 1 unspecified atom stereocenters. The van der Waals surface area contributed by atoms with E-state index in [1.54, 1.807) is 13.3 Å². The summed E-state index contributed by atoms with van der Waals surface area (Å²) in [5.41, 5.74) is 1.07. The van der Waals surface area contributed by atoms with Crippen LogP contribution in [-0.4, -0.2) is 47.1 Å². The third-order valence-corrected chi connectivity index (χ3v) is 4.52. The lowest BCUT2D eigenvalue weighted by Crippen LogP contribution is -2.49. The van der Waals surface area contributed by atoms with Crippen molar-refractivity contribution in [1.82, 2.24) is 19.8 Å². The highest BCUT2D eigenvalue weighted by Gasteiger charge is 2.30. The van der Waals surface area contributed by atoms with Crippen molar-refractivity contribution in [2.45, 2.75) is 18.9 Å². The Morgan fingerprint density at radius 2 is 2.25 bits per heavy atom. The SMILES string of the molecule is COc1ccccc1CCC(=O)N1CCNCC1c1nccn1C. The smallest absolute Gasteiger partial charge is 0.223 e. The first-order valence-electron chi connectivity index (χ1n) is 8.30. The number of para-hydroxylation sites is 1. The van der Waals surface area contributed by atoms with Gasteiger partial charge in [-0.05, 0) is 18.1 Å². The van der Waals surface area contributed by atoms with Crippen LogP contribution in [0.5, 0.6) is 5.75 Å². The molecule has 0 saturated carbocycles. The molecular formula is C18H24N4O2. The van der Waals surface area contributed by atoms with Gasteiger partial charge >= 0.3 is 0 Å². The maximum atomic E-state index is 12.8. The topological polar surface area (TPSA) is 59.4 Å². The van der Waals surface area contributed by atoms with Gasteiger partial charge < -0.3 is 19.5 Å². The summed E-state index contributed by atoms with van der Waals surface area (Å²) in [6.07, 6.45) is 4.85. The number of piperazine rings is 1. The van der Waals surface area contributed by atoms with Gasteiger partial charge in [0.05, 0.1) is 7.11 Å². The Labute approximate surface area is 142 Å². The average molecular weight is 328 g/mol. The lowest BCUT2D eigenvalue weighted by molar-refractivity contribution is -0.134. The number of amides is 1. The van der Waals surface area contributed by atoms with E-state index in [2.05, 4.69) is 10.3 Å². The number of methoxy groups -OCH3 is 1. The summed E-state index contributed by atoms with van der Waals surface area (Å²) in [6.45, 7) is 2.27. The van der Waals surface area contributed by atoms with Crippen molar-refractivity contribution in [1.29, 1.82) is 0 Å². The summed E-state index contributed by atoms with van der Waals surface area (Å²) in [5.74, 6) is 1.93. The van der Waals surface area contributed by atoms with Gasteiger partial charge in [-0.3, -0.25) is 4.79 Å². The maximum Gasteiger partial charge on any atom is 0.223 e. The van der Waals surface area contributed by atoms with Crippen LogP contribution in [0.15, 0.2) is 36.7 Å². The summed E-state index contributed by atoms with van der Waals surface area (Å²) < 4.78 is 7.35. The second-order valence-electron chi connectivity index (χ2n) is 6.02. The minimum Gasteiger partial charge on any atom is -0.496 e. The van der Waals surface area contributed by atoms with E-state index in [0.29, 0.717) is 19.4 Å². The molecule has 2 heterocycles. The molecule has 6 heteroatoms. The number of aromatic nitrogens is 2. The number of carbonyl (C=O) groups excluding carboxylic acids is 1. The highest BCUT2D eigenvalue weighted by molar-refractivity contribution is 5.77. The van der Waals surface area contributed by atoms with Gasteiger partial charge in [0.25, 0.3) is 0 Å². The fraction of sp³-hybridized carbons (Fsp3) is 0.444. The van der Waals surface area contributed by atoms with Gasteiger partial charge in [-0.15, -0.1) is 0 Å². The Balaban J connectivity index is 1.69. The van der Waals surface area contributed by atoms with Crippen molar-refractivity contribution in [3.8, 4) is 5.75 Å². The molecule has 3 rings (SSSR count). The minimum atomic E-state index is -0.0103. The number of hydrogen-bond donors (Lipinski definition) is 1. The van der Waals surface area contributed by atoms with Crippen LogP contribution in [0.1, 0.15) is 23.9 Å². The zero-order valence-corrected chi connectivity index (χ0v) is 14.2. The molecule has 24 heavy (non-hydrogen) atoms. The van der Waals surface area contributed by atoms with Gasteiger partial charge in [0.1, 0.15) is 17.6 Å². The van der Waals surface area contributed by atoms with Crippen LogP contribution in [0.4, 0.5) is 0 Å². The van der Waals surface area contributed by atoms with Crippen molar-refractivity contribution >= 4 is 5.91 Å². The number of benzene rings is 1. The highest BCUT2D eigenvalue weighted by atomic mass is 16.5. The molecule has 1 fully saturated rings. The van der Waals surface area contributed by atoms with Crippen LogP contribution >= 0.6 is 0 Å². The third kappa shape index (κ3) is 3.43. The van der Waals surface area contributed by atoms with Crippen molar-refractivity contribution in [2.75, 3.05) is 26.7 Å². The van der Waals surface area contributed by atoms with Crippen LogP contribution in [0.2, 0.25) is 0 Å². The first-order valence-corrected chi connectivity index (χ1v) is 8.30. The van der Waals surface area contributed by atoms with Crippen molar-refractivity contribution in [3.05, 3.63) is 48.0 Å². The summed E-state index contributed by atoms with van der Waals surface area (Å²) in [5, 5.41) is 3.36. The lowest BCUT2D eigenvalue weighted by atomic mass is 10.1. The zero-order chi connectivity index (χ0) is 16.9. The molecule has 128 valence electrons. The van der Waals surface area contributed by atoms with Crippen molar-refractivity contribution < 1.29 is 9.53 Å². The molecule has 0 bridgehead atoms. The standard InChI is InChI=1S/C18H24N4O2/c1-21-11-10-20-18(21)15-13-19-9-12-22(15)17(23)8-7-14-5-3-4-6-16(14)24-2/h3-6,10-11,15,19H,7-9,12-13H2,1-2H3. The average Bonchev–Trinajstić information content (AvgIpc) is 3.05. The third-order valence-electron chi connectivity index (χ3n) is 4.52. The zero-order valence-electron chi connectivity index (χ0n) is 14.2. The van der Waals surface area contributed by atoms with Crippen LogP contribution in [-0.2, 0) is 18.3 Å². The normalized spacial score (nSPS) is 17.8. The quantitative estimate of drug-likeness (QED) is 0.904.